The average Bonchev–Trinajstić information content (AvgIpc) is 1.35. The highest BCUT2D eigenvalue weighted by Gasteiger charge is 1.87. The molecule has 2 heteroatoms. The van der Waals surface area contributed by atoms with Crippen molar-refractivity contribution in [2.45, 2.75) is 17.9 Å². The van der Waals surface area contributed by atoms with Gasteiger partial charge in [0.1, 0.15) is 0 Å². The Morgan fingerprint density at radius 2 is 2.17 bits per heavy atom. The highest BCUT2D eigenvalue weighted by molar-refractivity contribution is 7.99. The van der Waals surface area contributed by atoms with Crippen LogP contribution in [0, 0.1) is 6.42 Å². The van der Waals surface area contributed by atoms with Gasteiger partial charge in [-0.3, -0.25) is 0 Å². The molecule has 0 aromatic carbocycles. The SMILES string of the molecule is C[CH]CC(S)S. The molecule has 0 N–H and O–H groups in total. The van der Waals surface area contributed by atoms with Gasteiger partial charge in [0.05, 0.1) is 0 Å². The molecule has 6 heavy (non-hydrogen) atoms. The van der Waals surface area contributed by atoms with Gasteiger partial charge in [0.2, 0.25) is 0 Å². The lowest BCUT2D eigenvalue weighted by molar-refractivity contribution is 1.08. The van der Waals surface area contributed by atoms with E-state index in [-0.39, 0.29) is 4.58 Å². The van der Waals surface area contributed by atoms with E-state index in [1.54, 1.807) is 0 Å². The van der Waals surface area contributed by atoms with Crippen molar-refractivity contribution in [1.82, 2.24) is 0 Å². The van der Waals surface area contributed by atoms with E-state index in [2.05, 4.69) is 25.3 Å². The van der Waals surface area contributed by atoms with Crippen LogP contribution in [0.5, 0.6) is 0 Å². The molecule has 0 aliphatic heterocycles. The summed E-state index contributed by atoms with van der Waals surface area (Å²) in [4.78, 5) is 0. The van der Waals surface area contributed by atoms with Crippen LogP contribution in [0.2, 0.25) is 0 Å². The molecule has 0 fully saturated rings. The largest absolute Gasteiger partial charge is 0.165 e. The van der Waals surface area contributed by atoms with Gasteiger partial charge >= 0.3 is 0 Å². The van der Waals surface area contributed by atoms with Crippen LogP contribution in [0.1, 0.15) is 13.3 Å². The molecule has 0 nitrogen and oxygen atoms in total. The predicted octanol–water partition coefficient (Wildman–Crippen LogP) is 1.79. The highest BCUT2D eigenvalue weighted by atomic mass is 32.2. The molecule has 0 atom stereocenters. The van der Waals surface area contributed by atoms with Gasteiger partial charge in [-0.05, 0) is 12.8 Å². The third kappa shape index (κ3) is 4.70. The Hall–Kier alpha value is 0.700. The van der Waals surface area contributed by atoms with Gasteiger partial charge in [-0.1, -0.05) is 6.92 Å². The molecule has 0 saturated carbocycles. The normalized spacial score (nSPS) is 10.0. The molecule has 0 rings (SSSR count). The molecule has 0 aromatic rings. The molecular weight excluding hydrogens is 112 g/mol. The zero-order chi connectivity index (χ0) is 4.99. The summed E-state index contributed by atoms with van der Waals surface area (Å²) < 4.78 is 0.231. The van der Waals surface area contributed by atoms with Crippen LogP contribution in [0.3, 0.4) is 0 Å². The standard InChI is InChI=1S/C4H9S2/c1-2-3-4(5)6/h2,4-6H,3H2,1H3. The smallest absolute Gasteiger partial charge is 0.0444 e. The zero-order valence-corrected chi connectivity index (χ0v) is 5.55. The monoisotopic (exact) mass is 121 g/mol. The van der Waals surface area contributed by atoms with Crippen molar-refractivity contribution in [3.05, 3.63) is 6.42 Å². The van der Waals surface area contributed by atoms with E-state index in [9.17, 15) is 0 Å². The van der Waals surface area contributed by atoms with Crippen molar-refractivity contribution in [2.75, 3.05) is 0 Å². The van der Waals surface area contributed by atoms with Crippen LogP contribution >= 0.6 is 25.3 Å². The van der Waals surface area contributed by atoms with E-state index in [1.807, 2.05) is 13.3 Å². The van der Waals surface area contributed by atoms with Gasteiger partial charge in [0.15, 0.2) is 0 Å². The maximum absolute atomic E-state index is 4.01. The average molecular weight is 121 g/mol. The molecular formula is C4H9S2. The molecule has 1 radical (unpaired) electrons. The van der Waals surface area contributed by atoms with Crippen molar-refractivity contribution in [3.63, 3.8) is 0 Å². The summed E-state index contributed by atoms with van der Waals surface area (Å²) in [7, 11) is 0. The van der Waals surface area contributed by atoms with Crippen molar-refractivity contribution in [2.24, 2.45) is 0 Å². The number of rotatable bonds is 2. The molecule has 0 spiro atoms. The minimum atomic E-state index is 0.231. The Bertz CT molecular complexity index is 26.7. The van der Waals surface area contributed by atoms with Crippen LogP contribution in [0.15, 0.2) is 0 Å². The molecule has 0 aliphatic rings. The second kappa shape index (κ2) is 3.88. The van der Waals surface area contributed by atoms with E-state index in [0.29, 0.717) is 0 Å². The van der Waals surface area contributed by atoms with E-state index >= 15 is 0 Å². The van der Waals surface area contributed by atoms with Gasteiger partial charge in [-0.15, -0.1) is 0 Å². The molecule has 0 amide bonds. The lowest BCUT2D eigenvalue weighted by Crippen LogP contribution is -1.82. The van der Waals surface area contributed by atoms with Crippen molar-refractivity contribution in [1.29, 1.82) is 0 Å². The summed E-state index contributed by atoms with van der Waals surface area (Å²) in [6, 6.07) is 0. The van der Waals surface area contributed by atoms with Crippen molar-refractivity contribution < 1.29 is 0 Å². The summed E-state index contributed by atoms with van der Waals surface area (Å²) in [6.07, 6.45) is 3.02. The maximum atomic E-state index is 4.01. The summed E-state index contributed by atoms with van der Waals surface area (Å²) in [5.74, 6) is 0. The van der Waals surface area contributed by atoms with Crippen molar-refractivity contribution >= 4 is 25.3 Å². The molecule has 0 heterocycles. The predicted molar refractivity (Wildman–Crippen MR) is 36.4 cm³/mol. The van der Waals surface area contributed by atoms with Gasteiger partial charge in [0.25, 0.3) is 0 Å². The maximum Gasteiger partial charge on any atom is 0.0444 e. The van der Waals surface area contributed by atoms with Gasteiger partial charge < -0.3 is 0 Å². The van der Waals surface area contributed by atoms with Gasteiger partial charge in [-0.2, -0.15) is 25.3 Å². The Morgan fingerprint density at radius 3 is 2.17 bits per heavy atom. The Kier molecular flexibility index (Phi) is 4.33. The minimum Gasteiger partial charge on any atom is -0.165 e. The first-order valence-electron chi connectivity index (χ1n) is 1.91. The fourth-order valence-electron chi connectivity index (χ4n) is 0.211. The summed E-state index contributed by atoms with van der Waals surface area (Å²) >= 11 is 8.02. The lowest BCUT2D eigenvalue weighted by atomic mass is 10.4. The van der Waals surface area contributed by atoms with E-state index in [1.165, 1.54) is 0 Å². The third-order valence-corrected chi connectivity index (χ3v) is 0.868. The highest BCUT2D eigenvalue weighted by Crippen LogP contribution is 2.05. The lowest BCUT2D eigenvalue weighted by Gasteiger charge is -1.94. The number of hydrogen-bond donors (Lipinski definition) is 2. The van der Waals surface area contributed by atoms with Crippen LogP contribution in [-0.2, 0) is 0 Å². The van der Waals surface area contributed by atoms with Crippen LogP contribution < -0.4 is 0 Å². The first-order valence-corrected chi connectivity index (χ1v) is 2.94. The molecule has 0 unspecified atom stereocenters. The van der Waals surface area contributed by atoms with E-state index in [4.69, 9.17) is 0 Å². The zero-order valence-electron chi connectivity index (χ0n) is 3.76. The molecule has 0 aliphatic carbocycles. The third-order valence-electron chi connectivity index (χ3n) is 0.447. The molecule has 0 bridgehead atoms. The van der Waals surface area contributed by atoms with Gasteiger partial charge in [0, 0.05) is 4.58 Å². The number of thiol groups is 2. The van der Waals surface area contributed by atoms with Crippen molar-refractivity contribution in [3.8, 4) is 0 Å². The topological polar surface area (TPSA) is 0 Å². The number of hydrogen-bond acceptors (Lipinski definition) is 2. The van der Waals surface area contributed by atoms with E-state index < -0.39 is 0 Å². The quantitative estimate of drug-likeness (QED) is 0.404. The first-order chi connectivity index (χ1) is 2.77. The second-order valence-corrected chi connectivity index (χ2v) is 2.78. The van der Waals surface area contributed by atoms with E-state index in [0.717, 1.165) is 6.42 Å². The minimum absolute atomic E-state index is 0.231. The Balaban J connectivity index is 2.63. The molecule has 37 valence electrons. The molecule has 0 aromatic heterocycles. The van der Waals surface area contributed by atoms with Crippen LogP contribution in [0.25, 0.3) is 0 Å². The van der Waals surface area contributed by atoms with Crippen LogP contribution in [-0.4, -0.2) is 4.58 Å². The fraction of sp³-hybridized carbons (Fsp3) is 0.750. The Labute approximate surface area is 50.1 Å². The summed E-state index contributed by atoms with van der Waals surface area (Å²) in [5, 5.41) is 0. The summed E-state index contributed by atoms with van der Waals surface area (Å²) in [5.41, 5.74) is 0. The first kappa shape index (κ1) is 6.70. The Morgan fingerprint density at radius 1 is 1.67 bits per heavy atom. The molecule has 0 saturated heterocycles. The summed E-state index contributed by atoms with van der Waals surface area (Å²) in [6.45, 7) is 2.00. The fourth-order valence-corrected chi connectivity index (χ4v) is 0.632. The van der Waals surface area contributed by atoms with Crippen LogP contribution in [0.4, 0.5) is 0 Å². The second-order valence-electron chi connectivity index (χ2n) is 1.12. The van der Waals surface area contributed by atoms with Gasteiger partial charge in [-0.25, -0.2) is 0 Å².